The van der Waals surface area contributed by atoms with Gasteiger partial charge in [-0.25, -0.2) is 0 Å². The van der Waals surface area contributed by atoms with Gasteiger partial charge in [-0.3, -0.25) is 14.4 Å². The average molecular weight is 1030 g/mol. The van der Waals surface area contributed by atoms with Crippen molar-refractivity contribution < 1.29 is 28.6 Å². The van der Waals surface area contributed by atoms with Gasteiger partial charge in [-0.15, -0.1) is 0 Å². The van der Waals surface area contributed by atoms with E-state index in [-0.39, 0.29) is 32.0 Å². The molecule has 75 heavy (non-hydrogen) atoms. The molecule has 0 rings (SSSR count). The maximum atomic E-state index is 12.8. The van der Waals surface area contributed by atoms with Crippen LogP contribution < -0.4 is 0 Å². The summed E-state index contributed by atoms with van der Waals surface area (Å²) in [5.74, 6) is -1.15. The molecule has 0 saturated carbocycles. The van der Waals surface area contributed by atoms with E-state index in [0.717, 1.165) is 135 Å². The Bertz CT molecular complexity index is 1850. The zero-order valence-corrected chi connectivity index (χ0v) is 47.2. The van der Waals surface area contributed by atoms with E-state index in [1.165, 1.54) is 12.8 Å². The Kier molecular flexibility index (Phi) is 56.1. The molecule has 6 nitrogen and oxygen atoms in total. The van der Waals surface area contributed by atoms with E-state index in [2.05, 4.69) is 191 Å². The fourth-order valence-corrected chi connectivity index (χ4v) is 6.89. The van der Waals surface area contributed by atoms with Crippen molar-refractivity contribution in [2.75, 3.05) is 13.2 Å². The van der Waals surface area contributed by atoms with E-state index < -0.39 is 18.0 Å². The van der Waals surface area contributed by atoms with E-state index >= 15 is 0 Å². The smallest absolute Gasteiger partial charge is 0.306 e. The van der Waals surface area contributed by atoms with Crippen LogP contribution in [0.1, 0.15) is 201 Å². The zero-order valence-electron chi connectivity index (χ0n) is 47.2. The van der Waals surface area contributed by atoms with Crippen LogP contribution in [0.15, 0.2) is 194 Å². The van der Waals surface area contributed by atoms with Crippen molar-refractivity contribution in [2.24, 2.45) is 0 Å². The number of hydrogen-bond acceptors (Lipinski definition) is 6. The number of carbonyl (C=O) groups excluding carboxylic acids is 3. The third-order valence-corrected chi connectivity index (χ3v) is 11.1. The van der Waals surface area contributed by atoms with E-state index in [0.29, 0.717) is 19.3 Å². The topological polar surface area (TPSA) is 78.9 Å². The molecular weight excluding hydrogens is 925 g/mol. The minimum atomic E-state index is -0.869. The highest BCUT2D eigenvalue weighted by Gasteiger charge is 2.19. The van der Waals surface area contributed by atoms with E-state index in [4.69, 9.17) is 14.2 Å². The van der Waals surface area contributed by atoms with E-state index in [1.54, 1.807) is 0 Å². The van der Waals surface area contributed by atoms with Gasteiger partial charge >= 0.3 is 17.9 Å². The second kappa shape index (κ2) is 60.8. The lowest BCUT2D eigenvalue weighted by atomic mass is 10.1. The number of carbonyl (C=O) groups is 3. The molecule has 0 bridgehead atoms. The molecule has 0 aliphatic rings. The largest absolute Gasteiger partial charge is 0.462 e. The second-order valence-electron chi connectivity index (χ2n) is 18.0. The first-order chi connectivity index (χ1) is 37.0. The van der Waals surface area contributed by atoms with Gasteiger partial charge in [-0.05, 0) is 135 Å². The van der Waals surface area contributed by atoms with Gasteiger partial charge < -0.3 is 14.2 Å². The molecule has 0 aliphatic carbocycles. The van der Waals surface area contributed by atoms with E-state index in [1.807, 2.05) is 24.3 Å². The summed E-state index contributed by atoms with van der Waals surface area (Å²) in [4.78, 5) is 38.2. The van der Waals surface area contributed by atoms with Crippen LogP contribution in [0.5, 0.6) is 0 Å². The minimum Gasteiger partial charge on any atom is -0.462 e. The van der Waals surface area contributed by atoms with Crippen LogP contribution in [-0.4, -0.2) is 37.2 Å². The normalized spacial score (nSPS) is 13.6. The predicted octanol–water partition coefficient (Wildman–Crippen LogP) is 19.9. The molecule has 1 unspecified atom stereocenters. The Morgan fingerprint density at radius 3 is 0.827 bits per heavy atom. The summed E-state index contributed by atoms with van der Waals surface area (Å²) in [6.07, 6.45) is 93.0. The fourth-order valence-electron chi connectivity index (χ4n) is 6.89. The van der Waals surface area contributed by atoms with Gasteiger partial charge in [0.05, 0.1) is 0 Å². The van der Waals surface area contributed by atoms with Crippen molar-refractivity contribution >= 4 is 17.9 Å². The summed E-state index contributed by atoms with van der Waals surface area (Å²) in [6, 6.07) is 0. The Balaban J connectivity index is 4.69. The van der Waals surface area contributed by atoms with E-state index in [9.17, 15) is 14.4 Å². The van der Waals surface area contributed by atoms with Crippen LogP contribution in [0.2, 0.25) is 0 Å². The summed E-state index contributed by atoms with van der Waals surface area (Å²) >= 11 is 0. The van der Waals surface area contributed by atoms with Crippen molar-refractivity contribution in [1.82, 2.24) is 0 Å². The highest BCUT2D eigenvalue weighted by Crippen LogP contribution is 2.11. The molecular formula is C69H102O6. The maximum absolute atomic E-state index is 12.8. The number of esters is 3. The SMILES string of the molecule is CC/C=C\C/C=C\C/C=C\C/C=C\C/C=C\C/C=C\CCC(=O)OCC(COC(=O)CCCCCCCC/C=C\C/C=C\C/C=C\C/C=C\CC)OC(=O)CC/C=C\C/C=C\C/C=C\C/C=C\C/C=C\C/C=C\CC. The number of allylic oxidation sites excluding steroid dienone is 32. The molecule has 0 radical (unpaired) electrons. The van der Waals surface area contributed by atoms with Crippen molar-refractivity contribution in [3.63, 3.8) is 0 Å². The van der Waals surface area contributed by atoms with Gasteiger partial charge in [0, 0.05) is 19.3 Å². The molecule has 414 valence electrons. The number of hydrogen-bond donors (Lipinski definition) is 0. The predicted molar refractivity (Wildman–Crippen MR) is 324 cm³/mol. The molecule has 6 heteroatoms. The summed E-state index contributed by atoms with van der Waals surface area (Å²) in [6.45, 7) is 6.13. The Hall–Kier alpha value is -5.75. The minimum absolute atomic E-state index is 0.151. The summed E-state index contributed by atoms with van der Waals surface area (Å²) < 4.78 is 16.7. The zero-order chi connectivity index (χ0) is 54.3. The van der Waals surface area contributed by atoms with Crippen LogP contribution >= 0.6 is 0 Å². The van der Waals surface area contributed by atoms with Crippen molar-refractivity contribution in [3.05, 3.63) is 194 Å². The first-order valence-corrected chi connectivity index (χ1v) is 28.9. The first kappa shape index (κ1) is 69.2. The first-order valence-electron chi connectivity index (χ1n) is 28.9. The monoisotopic (exact) mass is 1030 g/mol. The number of unbranched alkanes of at least 4 members (excludes halogenated alkanes) is 6. The van der Waals surface area contributed by atoms with Gasteiger partial charge in [-0.1, -0.05) is 241 Å². The Morgan fingerprint density at radius 1 is 0.267 bits per heavy atom. The lowest BCUT2D eigenvalue weighted by Gasteiger charge is -2.18. The van der Waals surface area contributed by atoms with Gasteiger partial charge in [-0.2, -0.15) is 0 Å². The van der Waals surface area contributed by atoms with Crippen molar-refractivity contribution in [2.45, 2.75) is 207 Å². The van der Waals surface area contributed by atoms with Gasteiger partial charge in [0.25, 0.3) is 0 Å². The highest BCUT2D eigenvalue weighted by atomic mass is 16.6. The third-order valence-electron chi connectivity index (χ3n) is 11.1. The fraction of sp³-hybridized carbons (Fsp3) is 0.493. The molecule has 0 aliphatic heterocycles. The molecule has 0 amide bonds. The number of ether oxygens (including phenoxy) is 3. The summed E-state index contributed by atoms with van der Waals surface area (Å²) in [7, 11) is 0. The van der Waals surface area contributed by atoms with Gasteiger partial charge in [0.15, 0.2) is 6.10 Å². The second-order valence-corrected chi connectivity index (χ2v) is 18.0. The summed E-state index contributed by atoms with van der Waals surface area (Å²) in [5.41, 5.74) is 0. The maximum Gasteiger partial charge on any atom is 0.306 e. The van der Waals surface area contributed by atoms with Crippen LogP contribution in [0, 0.1) is 0 Å². The molecule has 0 N–H and O–H groups in total. The Morgan fingerprint density at radius 2 is 0.507 bits per heavy atom. The highest BCUT2D eigenvalue weighted by molar-refractivity contribution is 5.71. The Labute approximate surface area is 458 Å². The van der Waals surface area contributed by atoms with Gasteiger partial charge in [0.2, 0.25) is 0 Å². The molecule has 0 fully saturated rings. The molecule has 0 spiro atoms. The third kappa shape index (κ3) is 59.0. The molecule has 0 saturated heterocycles. The van der Waals surface area contributed by atoms with Crippen molar-refractivity contribution in [1.29, 1.82) is 0 Å². The average Bonchev–Trinajstić information content (AvgIpc) is 3.41. The lowest BCUT2D eigenvalue weighted by Crippen LogP contribution is -2.30. The molecule has 0 aromatic carbocycles. The van der Waals surface area contributed by atoms with Crippen molar-refractivity contribution in [3.8, 4) is 0 Å². The molecule has 0 heterocycles. The van der Waals surface area contributed by atoms with Crippen LogP contribution in [0.3, 0.4) is 0 Å². The van der Waals surface area contributed by atoms with Crippen LogP contribution in [0.4, 0.5) is 0 Å². The van der Waals surface area contributed by atoms with Gasteiger partial charge in [0.1, 0.15) is 13.2 Å². The number of rotatable bonds is 49. The quantitative estimate of drug-likeness (QED) is 0.0261. The van der Waals surface area contributed by atoms with Crippen LogP contribution in [0.25, 0.3) is 0 Å². The molecule has 1 atom stereocenters. The molecule has 0 aromatic rings. The lowest BCUT2D eigenvalue weighted by molar-refractivity contribution is -0.166. The molecule has 0 aromatic heterocycles. The summed E-state index contributed by atoms with van der Waals surface area (Å²) in [5, 5.41) is 0. The van der Waals surface area contributed by atoms with Crippen LogP contribution in [-0.2, 0) is 28.6 Å². The standard InChI is InChI=1S/C69H102O6/c1-4-7-10-13-16-19-22-25-28-31-34-37-40-43-46-49-52-55-58-61-67(70)73-64-66(75-69(72)63-60-57-54-51-48-45-42-39-36-33-30-27-24-21-18-15-12-9-6-3)65-74-68(71)62-59-56-53-50-47-44-41-38-35-32-29-26-23-20-17-14-11-8-5-2/h7-12,16-21,25-30,34-39,43,45-46,48,52,54-55,57,66H,4-6,13-15,22-24,31-33,40-42,44,47,49-51,53,56,58-65H2,1-3H3/b10-7-,11-8-,12-9-,19-16-,20-17-,21-18-,28-25-,29-26-,30-27-,37-34-,38-35-,39-36-,46-43-,48-45-,55-52-,57-54-.